The molecule has 3 heterocycles. The van der Waals surface area contributed by atoms with Gasteiger partial charge in [0, 0.05) is 44.7 Å². The standard InChI is InChI=1S/C21H27FN4O/c1-16-17(4-2-5-19(16)22)15-26-11-7-21(8-12-26)14-18(6-13-27-21)25-20-23-9-3-10-24-20/h2-5,9-10,18H,6-8,11-15H2,1H3,(H,23,24,25)/t18-/m1/s1. The molecule has 1 spiro atoms. The first kappa shape index (κ1) is 18.3. The zero-order chi connectivity index (χ0) is 18.7. The third kappa shape index (κ3) is 4.28. The molecule has 0 amide bonds. The van der Waals surface area contributed by atoms with Crippen molar-refractivity contribution in [3.8, 4) is 0 Å². The maximum atomic E-state index is 13.8. The fourth-order valence-corrected chi connectivity index (χ4v) is 4.24. The van der Waals surface area contributed by atoms with E-state index in [9.17, 15) is 4.39 Å². The lowest BCUT2D eigenvalue weighted by molar-refractivity contribution is -0.115. The summed E-state index contributed by atoms with van der Waals surface area (Å²) in [5, 5.41) is 3.46. The highest BCUT2D eigenvalue weighted by Gasteiger charge is 2.40. The van der Waals surface area contributed by atoms with Gasteiger partial charge in [0.15, 0.2) is 0 Å². The predicted molar refractivity (Wildman–Crippen MR) is 103 cm³/mol. The monoisotopic (exact) mass is 370 g/mol. The van der Waals surface area contributed by atoms with E-state index in [1.165, 1.54) is 6.07 Å². The number of likely N-dealkylation sites (tertiary alicyclic amines) is 1. The van der Waals surface area contributed by atoms with Gasteiger partial charge in [-0.2, -0.15) is 0 Å². The van der Waals surface area contributed by atoms with Gasteiger partial charge in [0.1, 0.15) is 5.82 Å². The second-order valence-electron chi connectivity index (χ2n) is 7.74. The molecule has 0 saturated carbocycles. The second-order valence-corrected chi connectivity index (χ2v) is 7.74. The highest BCUT2D eigenvalue weighted by atomic mass is 19.1. The van der Waals surface area contributed by atoms with Gasteiger partial charge < -0.3 is 10.1 Å². The van der Waals surface area contributed by atoms with Crippen LogP contribution in [0.3, 0.4) is 0 Å². The Morgan fingerprint density at radius 3 is 2.78 bits per heavy atom. The molecule has 2 aromatic rings. The summed E-state index contributed by atoms with van der Waals surface area (Å²) in [5.41, 5.74) is 1.79. The molecule has 2 saturated heterocycles. The summed E-state index contributed by atoms with van der Waals surface area (Å²) >= 11 is 0. The molecule has 5 nitrogen and oxygen atoms in total. The van der Waals surface area contributed by atoms with Crippen LogP contribution in [0.2, 0.25) is 0 Å². The van der Waals surface area contributed by atoms with E-state index in [0.717, 1.165) is 63.1 Å². The van der Waals surface area contributed by atoms with Gasteiger partial charge in [-0.3, -0.25) is 4.90 Å². The predicted octanol–water partition coefficient (Wildman–Crippen LogP) is 3.55. The summed E-state index contributed by atoms with van der Waals surface area (Å²) in [6, 6.07) is 7.53. The minimum absolute atomic E-state index is 0.0574. The van der Waals surface area contributed by atoms with Crippen molar-refractivity contribution in [2.24, 2.45) is 0 Å². The first-order valence-electron chi connectivity index (χ1n) is 9.77. The number of aromatic nitrogens is 2. The van der Waals surface area contributed by atoms with Crippen molar-refractivity contribution < 1.29 is 9.13 Å². The van der Waals surface area contributed by atoms with Crippen LogP contribution in [0.25, 0.3) is 0 Å². The third-order valence-electron chi connectivity index (χ3n) is 5.93. The summed E-state index contributed by atoms with van der Waals surface area (Å²) in [7, 11) is 0. The van der Waals surface area contributed by atoms with E-state index in [1.54, 1.807) is 18.5 Å². The number of hydrogen-bond acceptors (Lipinski definition) is 5. The Labute approximate surface area is 160 Å². The summed E-state index contributed by atoms with van der Waals surface area (Å²) < 4.78 is 20.0. The van der Waals surface area contributed by atoms with E-state index >= 15 is 0 Å². The molecule has 2 fully saturated rings. The smallest absolute Gasteiger partial charge is 0.222 e. The van der Waals surface area contributed by atoms with Gasteiger partial charge in [-0.25, -0.2) is 14.4 Å². The molecule has 1 aromatic heterocycles. The Bertz CT molecular complexity index is 762. The Hall–Kier alpha value is -2.05. The minimum atomic E-state index is -0.117. The van der Waals surface area contributed by atoms with Gasteiger partial charge >= 0.3 is 0 Å². The van der Waals surface area contributed by atoms with Crippen LogP contribution in [-0.4, -0.2) is 46.2 Å². The van der Waals surface area contributed by atoms with Gasteiger partial charge in [0.05, 0.1) is 5.60 Å². The van der Waals surface area contributed by atoms with E-state index in [1.807, 2.05) is 19.1 Å². The summed E-state index contributed by atoms with van der Waals surface area (Å²) in [6.45, 7) is 5.39. The van der Waals surface area contributed by atoms with E-state index in [-0.39, 0.29) is 11.4 Å². The normalized spacial score (nSPS) is 22.7. The molecule has 4 rings (SSSR count). The molecule has 6 heteroatoms. The number of piperidine rings is 1. The lowest BCUT2D eigenvalue weighted by Gasteiger charge is -2.46. The molecule has 2 aliphatic heterocycles. The summed E-state index contributed by atoms with van der Waals surface area (Å²) in [5.74, 6) is 0.576. The molecule has 0 unspecified atom stereocenters. The van der Waals surface area contributed by atoms with Crippen LogP contribution in [0.1, 0.15) is 36.8 Å². The topological polar surface area (TPSA) is 50.3 Å². The summed E-state index contributed by atoms with van der Waals surface area (Å²) in [4.78, 5) is 11.0. The number of ether oxygens (including phenoxy) is 1. The molecule has 27 heavy (non-hydrogen) atoms. The maximum absolute atomic E-state index is 13.8. The van der Waals surface area contributed by atoms with Gasteiger partial charge in [-0.05, 0) is 55.9 Å². The third-order valence-corrected chi connectivity index (χ3v) is 5.93. The average molecular weight is 370 g/mol. The Morgan fingerprint density at radius 2 is 2.00 bits per heavy atom. The van der Waals surface area contributed by atoms with E-state index in [0.29, 0.717) is 12.0 Å². The molecular weight excluding hydrogens is 343 g/mol. The first-order valence-corrected chi connectivity index (χ1v) is 9.77. The molecule has 1 N–H and O–H groups in total. The highest BCUT2D eigenvalue weighted by molar-refractivity contribution is 5.27. The molecule has 1 aromatic carbocycles. The number of anilines is 1. The van der Waals surface area contributed by atoms with E-state index in [4.69, 9.17) is 4.74 Å². The van der Waals surface area contributed by atoms with Crippen LogP contribution < -0.4 is 5.32 Å². The van der Waals surface area contributed by atoms with Crippen LogP contribution in [0.4, 0.5) is 10.3 Å². The lowest BCUT2D eigenvalue weighted by Crippen LogP contribution is -2.51. The number of halogens is 1. The molecule has 1 atom stereocenters. The molecule has 144 valence electrons. The lowest BCUT2D eigenvalue weighted by atomic mass is 9.82. The van der Waals surface area contributed by atoms with Crippen molar-refractivity contribution in [1.82, 2.24) is 14.9 Å². The zero-order valence-electron chi connectivity index (χ0n) is 15.8. The van der Waals surface area contributed by atoms with Crippen molar-refractivity contribution in [3.63, 3.8) is 0 Å². The van der Waals surface area contributed by atoms with Gasteiger partial charge in [-0.1, -0.05) is 12.1 Å². The Balaban J connectivity index is 1.34. The van der Waals surface area contributed by atoms with Gasteiger partial charge in [0.2, 0.25) is 5.95 Å². The number of hydrogen-bond donors (Lipinski definition) is 1. The van der Waals surface area contributed by atoms with Gasteiger partial charge in [-0.15, -0.1) is 0 Å². The second kappa shape index (κ2) is 7.90. The quantitative estimate of drug-likeness (QED) is 0.892. The van der Waals surface area contributed by atoms with Crippen LogP contribution in [0, 0.1) is 12.7 Å². The highest BCUT2D eigenvalue weighted by Crippen LogP contribution is 2.36. The molecule has 0 aliphatic carbocycles. The Kier molecular flexibility index (Phi) is 5.36. The van der Waals surface area contributed by atoms with Crippen LogP contribution in [0.5, 0.6) is 0 Å². The van der Waals surface area contributed by atoms with Crippen molar-refractivity contribution in [1.29, 1.82) is 0 Å². The Morgan fingerprint density at radius 1 is 1.22 bits per heavy atom. The fourth-order valence-electron chi connectivity index (χ4n) is 4.24. The van der Waals surface area contributed by atoms with E-state index in [2.05, 4.69) is 20.2 Å². The zero-order valence-corrected chi connectivity index (χ0v) is 15.8. The van der Waals surface area contributed by atoms with Crippen molar-refractivity contribution in [3.05, 3.63) is 53.6 Å². The fraction of sp³-hybridized carbons (Fsp3) is 0.524. The SMILES string of the molecule is Cc1c(F)cccc1CN1CCC2(CC1)C[C@H](Nc1ncccn1)CCO2. The van der Waals surface area contributed by atoms with Crippen LogP contribution >= 0.6 is 0 Å². The van der Waals surface area contributed by atoms with Crippen molar-refractivity contribution in [2.45, 2.75) is 50.8 Å². The molecule has 2 aliphatic rings. The maximum Gasteiger partial charge on any atom is 0.222 e. The van der Waals surface area contributed by atoms with Crippen molar-refractivity contribution >= 4 is 5.95 Å². The number of nitrogens with one attached hydrogen (secondary N) is 1. The summed E-state index contributed by atoms with van der Waals surface area (Å²) in [6.07, 6.45) is 7.50. The molecular formula is C21H27FN4O. The number of benzene rings is 1. The largest absolute Gasteiger partial charge is 0.375 e. The number of nitrogens with zero attached hydrogens (tertiary/aromatic N) is 3. The molecule has 0 bridgehead atoms. The minimum Gasteiger partial charge on any atom is -0.375 e. The van der Waals surface area contributed by atoms with Crippen LogP contribution in [0.15, 0.2) is 36.7 Å². The average Bonchev–Trinajstić information content (AvgIpc) is 2.68. The van der Waals surface area contributed by atoms with Crippen molar-refractivity contribution in [2.75, 3.05) is 25.0 Å². The van der Waals surface area contributed by atoms with Crippen LogP contribution in [-0.2, 0) is 11.3 Å². The first-order chi connectivity index (χ1) is 13.1. The molecule has 0 radical (unpaired) electrons. The van der Waals surface area contributed by atoms with E-state index < -0.39 is 0 Å². The number of rotatable bonds is 4. The van der Waals surface area contributed by atoms with Gasteiger partial charge in [0.25, 0.3) is 0 Å².